The summed E-state index contributed by atoms with van der Waals surface area (Å²) in [5.74, 6) is 1.65. The molecule has 0 spiro atoms. The van der Waals surface area contributed by atoms with Crippen LogP contribution < -0.4 is 9.80 Å². The summed E-state index contributed by atoms with van der Waals surface area (Å²) < 4.78 is 17.2. The second kappa shape index (κ2) is 11.4. The molecule has 27 heavy (non-hydrogen) atoms. The predicted octanol–water partition coefficient (Wildman–Crippen LogP) is 0.643. The van der Waals surface area contributed by atoms with E-state index in [0.29, 0.717) is 39.6 Å². The summed E-state index contributed by atoms with van der Waals surface area (Å²) in [7, 11) is 0. The largest absolute Gasteiger partial charge is 0.378 e. The van der Waals surface area contributed by atoms with Crippen molar-refractivity contribution >= 4 is 11.6 Å². The number of ether oxygens (including phenoxy) is 3. The average molecular weight is 374 g/mol. The van der Waals surface area contributed by atoms with Gasteiger partial charge in [0.25, 0.3) is 0 Å². The van der Waals surface area contributed by atoms with Gasteiger partial charge in [-0.1, -0.05) is 0 Å². The minimum Gasteiger partial charge on any atom is -0.378 e. The maximum Gasteiger partial charge on any atom is 0.147 e. The Morgan fingerprint density at radius 3 is 1.33 bits per heavy atom. The summed E-state index contributed by atoms with van der Waals surface area (Å²) in [6.45, 7) is 6.45. The Morgan fingerprint density at radius 1 is 0.556 bits per heavy atom. The Balaban J connectivity index is 1.57. The molecule has 2 aromatic heterocycles. The summed E-state index contributed by atoms with van der Waals surface area (Å²) in [5, 5.41) is 0. The van der Waals surface area contributed by atoms with Gasteiger partial charge in [-0.2, -0.15) is 0 Å². The minimum absolute atomic E-state index is 0.565. The van der Waals surface area contributed by atoms with Gasteiger partial charge in [0.2, 0.25) is 0 Å². The molecule has 1 aliphatic heterocycles. The molecule has 0 atom stereocenters. The summed E-state index contributed by atoms with van der Waals surface area (Å²) in [4.78, 5) is 21.3. The lowest BCUT2D eigenvalue weighted by Gasteiger charge is -2.24. The fourth-order valence-electron chi connectivity index (χ4n) is 2.71. The minimum atomic E-state index is 0.565. The van der Waals surface area contributed by atoms with Gasteiger partial charge in [0.05, 0.1) is 52.0 Å². The van der Waals surface area contributed by atoms with E-state index in [1.807, 2.05) is 0 Å². The highest BCUT2D eigenvalue weighted by molar-refractivity contribution is 5.35. The number of anilines is 2. The number of hydrogen-bond acceptors (Lipinski definition) is 9. The van der Waals surface area contributed by atoms with Crippen molar-refractivity contribution in [1.82, 2.24) is 19.9 Å². The molecule has 0 unspecified atom stereocenters. The van der Waals surface area contributed by atoms with E-state index >= 15 is 0 Å². The van der Waals surface area contributed by atoms with Gasteiger partial charge in [0, 0.05) is 51.0 Å². The lowest BCUT2D eigenvalue weighted by Crippen LogP contribution is -2.34. The number of nitrogens with zero attached hydrogens (tertiary/aromatic N) is 6. The molecular weight excluding hydrogens is 348 g/mol. The van der Waals surface area contributed by atoms with Gasteiger partial charge in [0.15, 0.2) is 0 Å². The molecule has 9 heteroatoms. The second-order valence-electron chi connectivity index (χ2n) is 5.94. The van der Waals surface area contributed by atoms with Crippen molar-refractivity contribution in [3.8, 4) is 0 Å². The molecular formula is C18H26N6O3. The van der Waals surface area contributed by atoms with Crippen molar-refractivity contribution < 1.29 is 14.2 Å². The van der Waals surface area contributed by atoms with Crippen molar-refractivity contribution in [3.63, 3.8) is 0 Å². The summed E-state index contributed by atoms with van der Waals surface area (Å²) >= 11 is 0. The zero-order valence-corrected chi connectivity index (χ0v) is 15.4. The summed E-state index contributed by atoms with van der Waals surface area (Å²) in [6.07, 6.45) is 10.2. The Hall–Kier alpha value is -2.36. The fourth-order valence-corrected chi connectivity index (χ4v) is 2.71. The molecule has 2 aromatic rings. The summed E-state index contributed by atoms with van der Waals surface area (Å²) in [6, 6.07) is 0. The zero-order valence-electron chi connectivity index (χ0n) is 15.4. The van der Waals surface area contributed by atoms with E-state index in [4.69, 9.17) is 14.2 Å². The van der Waals surface area contributed by atoms with E-state index in [-0.39, 0.29) is 0 Å². The van der Waals surface area contributed by atoms with Crippen molar-refractivity contribution in [2.75, 3.05) is 75.6 Å². The van der Waals surface area contributed by atoms with E-state index in [2.05, 4.69) is 29.7 Å². The second-order valence-corrected chi connectivity index (χ2v) is 5.94. The third-order valence-electron chi connectivity index (χ3n) is 4.14. The van der Waals surface area contributed by atoms with Gasteiger partial charge < -0.3 is 24.0 Å². The normalized spacial score (nSPS) is 18.5. The van der Waals surface area contributed by atoms with Crippen LogP contribution in [0.2, 0.25) is 0 Å². The fraction of sp³-hybridized carbons (Fsp3) is 0.556. The first-order valence-corrected chi connectivity index (χ1v) is 9.18. The van der Waals surface area contributed by atoms with Crippen molar-refractivity contribution in [2.45, 2.75) is 0 Å². The van der Waals surface area contributed by atoms with Crippen LogP contribution in [0, 0.1) is 0 Å². The van der Waals surface area contributed by atoms with E-state index in [1.165, 1.54) is 0 Å². The van der Waals surface area contributed by atoms with E-state index in [1.54, 1.807) is 37.2 Å². The molecule has 0 saturated carbocycles. The topological polar surface area (TPSA) is 85.7 Å². The SMILES string of the molecule is c1cnc(N2CCOCCOCCN(c3cnccn3)CCOCC2)cn1. The lowest BCUT2D eigenvalue weighted by atomic mass is 10.4. The van der Waals surface area contributed by atoms with Crippen molar-refractivity contribution in [3.05, 3.63) is 37.2 Å². The molecule has 0 amide bonds. The first-order valence-electron chi connectivity index (χ1n) is 9.18. The maximum absolute atomic E-state index is 5.85. The van der Waals surface area contributed by atoms with Crippen LogP contribution in [0.25, 0.3) is 0 Å². The number of hydrogen-bond donors (Lipinski definition) is 0. The van der Waals surface area contributed by atoms with Crippen LogP contribution in [0.3, 0.4) is 0 Å². The van der Waals surface area contributed by atoms with Gasteiger partial charge in [-0.05, 0) is 0 Å². The Labute approximate surface area is 159 Å². The first-order chi connectivity index (χ1) is 13.4. The Kier molecular flexibility index (Phi) is 8.17. The van der Waals surface area contributed by atoms with Gasteiger partial charge in [-0.25, -0.2) is 9.97 Å². The molecule has 1 fully saturated rings. The van der Waals surface area contributed by atoms with Crippen LogP contribution >= 0.6 is 0 Å². The zero-order chi connectivity index (χ0) is 18.6. The highest BCUT2D eigenvalue weighted by Crippen LogP contribution is 2.09. The average Bonchev–Trinajstić information content (AvgIpc) is 2.74. The molecule has 0 bridgehead atoms. The molecule has 1 saturated heterocycles. The molecule has 0 aromatic carbocycles. The van der Waals surface area contributed by atoms with Crippen LogP contribution in [-0.4, -0.2) is 85.8 Å². The van der Waals surface area contributed by atoms with Crippen molar-refractivity contribution in [1.29, 1.82) is 0 Å². The van der Waals surface area contributed by atoms with Crippen LogP contribution in [0.1, 0.15) is 0 Å². The van der Waals surface area contributed by atoms with E-state index in [0.717, 1.165) is 37.8 Å². The van der Waals surface area contributed by atoms with E-state index in [9.17, 15) is 0 Å². The molecule has 146 valence electrons. The van der Waals surface area contributed by atoms with Gasteiger partial charge in [-0.3, -0.25) is 9.97 Å². The monoisotopic (exact) mass is 374 g/mol. The molecule has 0 aliphatic carbocycles. The maximum atomic E-state index is 5.85. The lowest BCUT2D eigenvalue weighted by molar-refractivity contribution is 0.0530. The molecule has 9 nitrogen and oxygen atoms in total. The third kappa shape index (κ3) is 6.70. The highest BCUT2D eigenvalue weighted by Gasteiger charge is 2.11. The molecule has 0 radical (unpaired) electrons. The van der Waals surface area contributed by atoms with Crippen LogP contribution in [0.4, 0.5) is 11.6 Å². The standard InChI is InChI=1S/C18H26N6O3/c1-3-21-17(15-19-1)23-5-9-25-10-6-24(18-16-20-2-4-22-18)8-12-27-14-13-26-11-7-23/h1-4,15-16H,5-14H2. The third-order valence-corrected chi connectivity index (χ3v) is 4.14. The number of rotatable bonds is 2. The van der Waals surface area contributed by atoms with Gasteiger partial charge in [0.1, 0.15) is 11.6 Å². The van der Waals surface area contributed by atoms with Crippen LogP contribution in [-0.2, 0) is 14.2 Å². The van der Waals surface area contributed by atoms with Crippen LogP contribution in [0.5, 0.6) is 0 Å². The quantitative estimate of drug-likeness (QED) is 0.752. The van der Waals surface area contributed by atoms with Crippen LogP contribution in [0.15, 0.2) is 37.2 Å². The molecule has 1 aliphatic rings. The van der Waals surface area contributed by atoms with Crippen molar-refractivity contribution in [2.24, 2.45) is 0 Å². The van der Waals surface area contributed by atoms with Gasteiger partial charge >= 0.3 is 0 Å². The Bertz CT molecular complexity index is 578. The highest BCUT2D eigenvalue weighted by atomic mass is 16.5. The summed E-state index contributed by atoms with van der Waals surface area (Å²) in [5.41, 5.74) is 0. The Morgan fingerprint density at radius 2 is 0.963 bits per heavy atom. The molecule has 0 N–H and O–H groups in total. The smallest absolute Gasteiger partial charge is 0.147 e. The van der Waals surface area contributed by atoms with E-state index < -0.39 is 0 Å². The number of aromatic nitrogens is 4. The first kappa shape index (κ1) is 19.4. The van der Waals surface area contributed by atoms with Gasteiger partial charge in [-0.15, -0.1) is 0 Å². The molecule has 3 heterocycles. The predicted molar refractivity (Wildman–Crippen MR) is 101 cm³/mol. The molecule has 3 rings (SSSR count).